The van der Waals surface area contributed by atoms with Gasteiger partial charge in [0.05, 0.1) is 24.0 Å². The minimum absolute atomic E-state index is 0. The number of sulfonamides is 1. The molecule has 214 valence electrons. The summed E-state index contributed by atoms with van der Waals surface area (Å²) in [5.41, 5.74) is 8.93. The van der Waals surface area contributed by atoms with Crippen molar-refractivity contribution in [2.75, 3.05) is 31.7 Å². The molecule has 5 N–H and O–H groups in total. The van der Waals surface area contributed by atoms with Gasteiger partial charge in [-0.25, -0.2) is 13.1 Å². The first kappa shape index (κ1) is 34.0. The predicted molar refractivity (Wildman–Crippen MR) is 159 cm³/mol. The number of ether oxygens (including phenoxy) is 2. The first-order valence-corrected chi connectivity index (χ1v) is 13.7. The van der Waals surface area contributed by atoms with Crippen LogP contribution in [0.5, 0.6) is 11.5 Å². The molecule has 3 aromatic rings. The first-order chi connectivity index (χ1) is 17.5. The molecule has 0 heterocycles. The largest absolute Gasteiger partial charge is 0.492 e. The van der Waals surface area contributed by atoms with Crippen LogP contribution in [0, 0.1) is 0 Å². The fourth-order valence-electron chi connectivity index (χ4n) is 3.52. The number of anilines is 1. The molecule has 1 atom stereocenters. The Morgan fingerprint density at radius 1 is 0.974 bits per heavy atom. The number of nitrogens with one attached hydrogen (secondary N) is 2. The molecule has 0 saturated heterocycles. The molecule has 0 unspecified atom stereocenters. The number of halogens is 2. The molecular weight excluding hydrogens is 565 g/mol. The third-order valence-electron chi connectivity index (χ3n) is 5.26. The monoisotopic (exact) mass is 599 g/mol. The van der Waals surface area contributed by atoms with Crippen molar-refractivity contribution in [3.63, 3.8) is 0 Å². The summed E-state index contributed by atoms with van der Waals surface area (Å²) in [6.07, 6.45) is 0.0812. The van der Waals surface area contributed by atoms with Gasteiger partial charge in [-0.2, -0.15) is 0 Å². The summed E-state index contributed by atoms with van der Waals surface area (Å²) >= 11 is 0. The second-order valence-electron chi connectivity index (χ2n) is 8.84. The number of nitrogens with two attached hydrogens (primary N) is 1. The lowest BCUT2D eigenvalue weighted by Crippen LogP contribution is -2.30. The van der Waals surface area contributed by atoms with Gasteiger partial charge in [0.2, 0.25) is 10.0 Å². The van der Waals surface area contributed by atoms with E-state index < -0.39 is 22.0 Å². The zero-order chi connectivity index (χ0) is 27.0. The van der Waals surface area contributed by atoms with Crippen LogP contribution in [-0.2, 0) is 10.0 Å². The molecule has 9 nitrogen and oxygen atoms in total. The van der Waals surface area contributed by atoms with Crippen molar-refractivity contribution >= 4 is 46.4 Å². The van der Waals surface area contributed by atoms with E-state index >= 15 is 0 Å². The van der Waals surface area contributed by atoms with Gasteiger partial charge in [0, 0.05) is 18.8 Å². The number of benzene rings is 3. The van der Waals surface area contributed by atoms with Crippen molar-refractivity contribution in [1.29, 1.82) is 0 Å². The van der Waals surface area contributed by atoms with E-state index in [1.807, 2.05) is 42.8 Å². The zero-order valence-electron chi connectivity index (χ0n) is 21.9. The minimum Gasteiger partial charge on any atom is -0.492 e. The van der Waals surface area contributed by atoms with E-state index in [0.29, 0.717) is 36.9 Å². The van der Waals surface area contributed by atoms with Crippen LogP contribution in [0.2, 0.25) is 0 Å². The van der Waals surface area contributed by atoms with Gasteiger partial charge in [-0.05, 0) is 66.9 Å². The Labute approximate surface area is 242 Å². The molecule has 0 bridgehead atoms. The van der Waals surface area contributed by atoms with Gasteiger partial charge in [-0.15, -0.1) is 24.8 Å². The van der Waals surface area contributed by atoms with E-state index in [1.54, 1.807) is 42.5 Å². The van der Waals surface area contributed by atoms with Gasteiger partial charge in [0.15, 0.2) is 0 Å². The lowest BCUT2D eigenvalue weighted by atomic mass is 10.0. The number of aliphatic hydroxyl groups is 1. The van der Waals surface area contributed by atoms with Crippen LogP contribution in [0.1, 0.15) is 35.9 Å². The molecule has 3 rings (SSSR count). The fraction of sp³-hybridized carbons (Fsp3) is 0.296. The second-order valence-corrected chi connectivity index (χ2v) is 10.6. The lowest BCUT2D eigenvalue weighted by molar-refractivity contribution is 0.0976. The summed E-state index contributed by atoms with van der Waals surface area (Å²) < 4.78 is 36.5. The van der Waals surface area contributed by atoms with Crippen molar-refractivity contribution in [3.8, 4) is 22.6 Å². The first-order valence-electron chi connectivity index (χ1n) is 11.8. The maximum Gasteiger partial charge on any atom is 0.268 e. The number of hydrogen-bond donors (Lipinski definition) is 4. The van der Waals surface area contributed by atoms with Crippen LogP contribution >= 0.6 is 24.8 Å². The molecule has 0 aliphatic rings. The Morgan fingerprint density at radius 3 is 2.18 bits per heavy atom. The third-order valence-corrected chi connectivity index (χ3v) is 5.82. The van der Waals surface area contributed by atoms with Gasteiger partial charge in [0.1, 0.15) is 18.1 Å². The number of rotatable bonds is 12. The molecule has 0 saturated carbocycles. The number of nitrogen functional groups attached to an aromatic ring is 1. The van der Waals surface area contributed by atoms with Crippen LogP contribution in [0.4, 0.5) is 5.69 Å². The van der Waals surface area contributed by atoms with Gasteiger partial charge in [0.25, 0.3) is 5.91 Å². The highest BCUT2D eigenvalue weighted by Crippen LogP contribution is 2.29. The zero-order valence-corrected chi connectivity index (χ0v) is 24.4. The molecule has 39 heavy (non-hydrogen) atoms. The summed E-state index contributed by atoms with van der Waals surface area (Å²) in [5, 5.41) is 13.4. The van der Waals surface area contributed by atoms with Crippen molar-refractivity contribution in [2.45, 2.75) is 26.1 Å². The molecule has 0 fully saturated rings. The van der Waals surface area contributed by atoms with Crippen molar-refractivity contribution in [3.05, 3.63) is 77.9 Å². The Kier molecular flexibility index (Phi) is 13.6. The lowest BCUT2D eigenvalue weighted by Gasteiger charge is -2.16. The maximum atomic E-state index is 12.4. The number of hydrogen-bond acceptors (Lipinski definition) is 8. The van der Waals surface area contributed by atoms with Crippen molar-refractivity contribution < 1.29 is 27.8 Å². The summed E-state index contributed by atoms with van der Waals surface area (Å²) in [4.78, 5) is 12.4. The minimum atomic E-state index is -3.70. The SMILES string of the molecule is CC(C)Oc1cc(-c2ccc(OCCNC[C@@H](O)c3ccc(N)cc3)cc2)ccc1C(=O)NS(C)(=O)=O.Cl.Cl. The van der Waals surface area contributed by atoms with Crippen LogP contribution < -0.4 is 25.2 Å². The Morgan fingerprint density at radius 2 is 1.59 bits per heavy atom. The van der Waals surface area contributed by atoms with E-state index in [4.69, 9.17) is 15.2 Å². The molecule has 0 spiro atoms. The van der Waals surface area contributed by atoms with Crippen LogP contribution in [-0.4, -0.2) is 51.5 Å². The maximum absolute atomic E-state index is 12.4. The molecule has 1 amide bonds. The van der Waals surface area contributed by atoms with E-state index in [0.717, 1.165) is 22.9 Å². The van der Waals surface area contributed by atoms with E-state index in [2.05, 4.69) is 5.32 Å². The highest BCUT2D eigenvalue weighted by atomic mass is 35.5. The number of amides is 1. The smallest absolute Gasteiger partial charge is 0.268 e. The topological polar surface area (TPSA) is 140 Å². The van der Waals surface area contributed by atoms with Crippen LogP contribution in [0.25, 0.3) is 11.1 Å². The molecule has 0 radical (unpaired) electrons. The number of carbonyl (C=O) groups excluding carboxylic acids is 1. The molecular formula is C27H35Cl2N3O6S. The molecule has 0 aromatic heterocycles. The number of carbonyl (C=O) groups is 1. The Hall–Kier alpha value is -3.02. The highest BCUT2D eigenvalue weighted by molar-refractivity contribution is 7.89. The summed E-state index contributed by atoms with van der Waals surface area (Å²) in [7, 11) is -3.70. The summed E-state index contributed by atoms with van der Waals surface area (Å²) in [6.45, 7) is 5.02. The molecule has 0 aliphatic carbocycles. The summed E-state index contributed by atoms with van der Waals surface area (Å²) in [6, 6.07) is 19.6. The number of aliphatic hydroxyl groups excluding tert-OH is 1. The van der Waals surface area contributed by atoms with Gasteiger partial charge >= 0.3 is 0 Å². The van der Waals surface area contributed by atoms with Gasteiger partial charge in [-0.1, -0.05) is 30.3 Å². The molecule has 0 aliphatic heterocycles. The molecule has 3 aromatic carbocycles. The van der Waals surface area contributed by atoms with Crippen LogP contribution in [0.3, 0.4) is 0 Å². The second kappa shape index (κ2) is 15.5. The van der Waals surface area contributed by atoms with Crippen molar-refractivity contribution in [2.24, 2.45) is 0 Å². The average Bonchev–Trinajstić information content (AvgIpc) is 2.83. The van der Waals surface area contributed by atoms with Gasteiger partial charge in [-0.3, -0.25) is 4.79 Å². The predicted octanol–water partition coefficient (Wildman–Crippen LogP) is 3.96. The van der Waals surface area contributed by atoms with Crippen LogP contribution in [0.15, 0.2) is 66.7 Å². The van der Waals surface area contributed by atoms with E-state index in [1.165, 1.54) is 0 Å². The highest BCUT2D eigenvalue weighted by Gasteiger charge is 2.18. The summed E-state index contributed by atoms with van der Waals surface area (Å²) in [5.74, 6) is 0.233. The quantitative estimate of drug-likeness (QED) is 0.181. The van der Waals surface area contributed by atoms with E-state index in [9.17, 15) is 18.3 Å². The van der Waals surface area contributed by atoms with Gasteiger partial charge < -0.3 is 25.6 Å². The molecule has 12 heteroatoms. The fourth-order valence-corrected chi connectivity index (χ4v) is 3.97. The third kappa shape index (κ3) is 10.9. The van der Waals surface area contributed by atoms with Crippen molar-refractivity contribution in [1.82, 2.24) is 10.0 Å². The standard InChI is InChI=1S/C27H33N3O6S.2ClH/c1-18(2)36-26-16-21(8-13-24(26)27(32)30-37(3,33)34)19-6-11-23(12-7-19)35-15-14-29-17-25(31)20-4-9-22(28)10-5-20;;/h4-13,16,18,25,29,31H,14-15,17,28H2,1-3H3,(H,30,32);2*1H/t25-;;/m1../s1. The Bertz CT molecular complexity index is 1300. The Balaban J connectivity index is 0.00000380. The normalized spacial score (nSPS) is 11.6. The average molecular weight is 601 g/mol. The van der Waals surface area contributed by atoms with E-state index in [-0.39, 0.29) is 36.5 Å².